The third-order valence-corrected chi connectivity index (χ3v) is 4.94. The van der Waals surface area contributed by atoms with Crippen molar-refractivity contribution >= 4 is 23.1 Å². The highest BCUT2D eigenvalue weighted by molar-refractivity contribution is 7.12. The van der Waals surface area contributed by atoms with E-state index in [1.165, 1.54) is 11.3 Å². The molecule has 0 spiro atoms. The van der Waals surface area contributed by atoms with Gasteiger partial charge in [-0.2, -0.15) is 5.10 Å². The molecule has 0 aliphatic carbocycles. The van der Waals surface area contributed by atoms with Crippen LogP contribution in [0, 0.1) is 6.92 Å². The Morgan fingerprint density at radius 1 is 1.28 bits per heavy atom. The Bertz CT molecular complexity index is 894. The molecule has 1 amide bonds. The number of carbonyl (C=O) groups excluding carboxylic acids is 1. The Kier molecular flexibility index (Phi) is 5.01. The highest BCUT2D eigenvalue weighted by Gasteiger charge is 2.16. The van der Waals surface area contributed by atoms with Crippen LogP contribution in [0.4, 0.5) is 5.82 Å². The molecule has 5 nitrogen and oxygen atoms in total. The Morgan fingerprint density at radius 2 is 2.04 bits per heavy atom. The third-order valence-electron chi connectivity index (χ3n) is 3.98. The lowest BCUT2D eigenvalue weighted by Crippen LogP contribution is -2.17. The van der Waals surface area contributed by atoms with Gasteiger partial charge in [-0.25, -0.2) is 0 Å². The van der Waals surface area contributed by atoms with Crippen LogP contribution in [-0.2, 0) is 13.6 Å². The van der Waals surface area contributed by atoms with Gasteiger partial charge in [0.25, 0.3) is 5.91 Å². The number of aromatic nitrogens is 2. The first-order valence-corrected chi connectivity index (χ1v) is 8.96. The van der Waals surface area contributed by atoms with Crippen molar-refractivity contribution in [2.75, 3.05) is 19.4 Å². The van der Waals surface area contributed by atoms with Crippen molar-refractivity contribution in [1.82, 2.24) is 14.7 Å². The maximum Gasteiger partial charge on any atom is 0.267 e. The molecule has 130 valence electrons. The van der Waals surface area contributed by atoms with Gasteiger partial charge in [0.05, 0.1) is 10.6 Å². The van der Waals surface area contributed by atoms with Gasteiger partial charge in [-0.3, -0.25) is 9.48 Å². The lowest BCUT2D eigenvalue weighted by atomic mass is 10.1. The maximum atomic E-state index is 12.7. The monoisotopic (exact) mass is 354 g/mol. The topological polar surface area (TPSA) is 50.2 Å². The maximum absolute atomic E-state index is 12.7. The standard InChI is InChI=1S/C19H22N4OS/c1-13-7-5-6-8-15(13)16-11-17(23(4)21-16)20-19(24)18-14(9-10-25-18)12-22(2)3/h5-11H,12H2,1-4H3,(H,20,24). The summed E-state index contributed by atoms with van der Waals surface area (Å²) >= 11 is 1.46. The Morgan fingerprint density at radius 3 is 2.76 bits per heavy atom. The van der Waals surface area contributed by atoms with E-state index in [0.29, 0.717) is 5.82 Å². The Balaban J connectivity index is 1.83. The van der Waals surface area contributed by atoms with E-state index < -0.39 is 0 Å². The molecular weight excluding hydrogens is 332 g/mol. The first-order valence-electron chi connectivity index (χ1n) is 8.08. The molecule has 3 rings (SSSR count). The molecule has 0 saturated carbocycles. The molecule has 25 heavy (non-hydrogen) atoms. The summed E-state index contributed by atoms with van der Waals surface area (Å²) in [6, 6.07) is 12.0. The molecule has 2 heterocycles. The van der Waals surface area contributed by atoms with E-state index in [-0.39, 0.29) is 5.91 Å². The zero-order chi connectivity index (χ0) is 18.0. The van der Waals surface area contributed by atoms with Gasteiger partial charge >= 0.3 is 0 Å². The van der Waals surface area contributed by atoms with Crippen molar-refractivity contribution in [3.05, 3.63) is 57.8 Å². The van der Waals surface area contributed by atoms with Gasteiger partial charge in [0.1, 0.15) is 5.82 Å². The fourth-order valence-electron chi connectivity index (χ4n) is 2.75. The second kappa shape index (κ2) is 7.21. The number of amides is 1. The normalized spacial score (nSPS) is 11.1. The number of aryl methyl sites for hydroxylation is 2. The van der Waals surface area contributed by atoms with Crippen LogP contribution in [-0.4, -0.2) is 34.7 Å². The van der Waals surface area contributed by atoms with Crippen molar-refractivity contribution in [1.29, 1.82) is 0 Å². The molecule has 6 heteroatoms. The summed E-state index contributed by atoms with van der Waals surface area (Å²) in [4.78, 5) is 15.5. The molecule has 0 fully saturated rings. The van der Waals surface area contributed by atoms with E-state index in [4.69, 9.17) is 0 Å². The summed E-state index contributed by atoms with van der Waals surface area (Å²) in [5, 5.41) is 9.49. The van der Waals surface area contributed by atoms with Crippen LogP contribution >= 0.6 is 11.3 Å². The second-order valence-electron chi connectivity index (χ2n) is 6.32. The van der Waals surface area contributed by atoms with Crippen LogP contribution in [0.1, 0.15) is 20.8 Å². The Labute approximate surface area is 151 Å². The number of thiophene rings is 1. The van der Waals surface area contributed by atoms with Gasteiger partial charge in [0.2, 0.25) is 0 Å². The van der Waals surface area contributed by atoms with Crippen molar-refractivity contribution in [3.63, 3.8) is 0 Å². The van der Waals surface area contributed by atoms with E-state index >= 15 is 0 Å². The molecule has 0 aliphatic heterocycles. The highest BCUT2D eigenvalue weighted by atomic mass is 32.1. The molecule has 2 aromatic heterocycles. The van der Waals surface area contributed by atoms with Crippen molar-refractivity contribution in [2.45, 2.75) is 13.5 Å². The Hall–Kier alpha value is -2.44. The van der Waals surface area contributed by atoms with Gasteiger partial charge in [0, 0.05) is 25.2 Å². The molecule has 1 N–H and O–H groups in total. The van der Waals surface area contributed by atoms with E-state index in [0.717, 1.165) is 33.8 Å². The van der Waals surface area contributed by atoms with E-state index in [1.807, 2.05) is 56.9 Å². The van der Waals surface area contributed by atoms with Gasteiger partial charge in [-0.1, -0.05) is 24.3 Å². The predicted octanol–water partition coefficient (Wildman–Crippen LogP) is 3.77. The first-order chi connectivity index (χ1) is 12.0. The van der Waals surface area contributed by atoms with Gasteiger partial charge < -0.3 is 10.2 Å². The molecule has 0 aliphatic rings. The number of hydrogen-bond donors (Lipinski definition) is 1. The minimum Gasteiger partial charge on any atom is -0.306 e. The summed E-state index contributed by atoms with van der Waals surface area (Å²) < 4.78 is 1.71. The lowest BCUT2D eigenvalue weighted by Gasteiger charge is -2.10. The first kappa shape index (κ1) is 17.4. The minimum absolute atomic E-state index is 0.0915. The number of anilines is 1. The fourth-order valence-corrected chi connectivity index (χ4v) is 3.56. The largest absolute Gasteiger partial charge is 0.306 e. The predicted molar refractivity (Wildman–Crippen MR) is 103 cm³/mol. The summed E-state index contributed by atoms with van der Waals surface area (Å²) in [5.74, 6) is 0.596. The van der Waals surface area contributed by atoms with Gasteiger partial charge in [0.15, 0.2) is 0 Å². The number of benzene rings is 1. The molecular formula is C19H22N4OS. The van der Waals surface area contributed by atoms with Gasteiger partial charge in [-0.05, 0) is 43.6 Å². The van der Waals surface area contributed by atoms with Crippen LogP contribution in [0.5, 0.6) is 0 Å². The third kappa shape index (κ3) is 3.81. The van der Waals surface area contributed by atoms with Crippen molar-refractivity contribution in [3.8, 4) is 11.3 Å². The van der Waals surface area contributed by atoms with E-state index in [9.17, 15) is 4.79 Å². The summed E-state index contributed by atoms with van der Waals surface area (Å²) in [6.45, 7) is 2.80. The quantitative estimate of drug-likeness (QED) is 0.759. The smallest absolute Gasteiger partial charge is 0.267 e. The summed E-state index contributed by atoms with van der Waals surface area (Å²) in [6.07, 6.45) is 0. The van der Waals surface area contributed by atoms with Crippen LogP contribution in [0.15, 0.2) is 41.8 Å². The number of nitrogens with zero attached hydrogens (tertiary/aromatic N) is 3. The highest BCUT2D eigenvalue weighted by Crippen LogP contribution is 2.25. The zero-order valence-corrected chi connectivity index (χ0v) is 15.7. The molecule has 0 radical (unpaired) electrons. The molecule has 0 unspecified atom stereocenters. The van der Waals surface area contributed by atoms with Crippen LogP contribution < -0.4 is 5.32 Å². The zero-order valence-electron chi connectivity index (χ0n) is 14.9. The SMILES string of the molecule is Cc1ccccc1-c1cc(NC(=O)c2sccc2CN(C)C)n(C)n1. The number of hydrogen-bond acceptors (Lipinski definition) is 4. The summed E-state index contributed by atoms with van der Waals surface area (Å²) in [7, 11) is 5.83. The number of rotatable bonds is 5. The number of nitrogens with one attached hydrogen (secondary N) is 1. The minimum atomic E-state index is -0.0915. The lowest BCUT2D eigenvalue weighted by molar-refractivity contribution is 0.102. The average Bonchev–Trinajstić information content (AvgIpc) is 3.14. The molecule has 3 aromatic rings. The molecule has 0 saturated heterocycles. The number of carbonyl (C=O) groups is 1. The van der Waals surface area contributed by atoms with E-state index in [1.54, 1.807) is 4.68 Å². The van der Waals surface area contributed by atoms with Crippen LogP contribution in [0.2, 0.25) is 0 Å². The summed E-state index contributed by atoms with van der Waals surface area (Å²) in [5.41, 5.74) is 4.12. The van der Waals surface area contributed by atoms with Crippen molar-refractivity contribution < 1.29 is 4.79 Å². The van der Waals surface area contributed by atoms with Crippen molar-refractivity contribution in [2.24, 2.45) is 7.05 Å². The average molecular weight is 354 g/mol. The molecule has 1 aromatic carbocycles. The second-order valence-corrected chi connectivity index (χ2v) is 7.24. The molecule has 0 atom stereocenters. The van der Waals surface area contributed by atoms with E-state index in [2.05, 4.69) is 28.3 Å². The van der Waals surface area contributed by atoms with Crippen LogP contribution in [0.3, 0.4) is 0 Å². The molecule has 0 bridgehead atoms. The van der Waals surface area contributed by atoms with Gasteiger partial charge in [-0.15, -0.1) is 11.3 Å². The van der Waals surface area contributed by atoms with Crippen LogP contribution in [0.25, 0.3) is 11.3 Å². The fraction of sp³-hybridized carbons (Fsp3) is 0.263.